The Balaban J connectivity index is 1.53. The van der Waals surface area contributed by atoms with Crippen LogP contribution < -0.4 is 4.90 Å². The first kappa shape index (κ1) is 17.4. The van der Waals surface area contributed by atoms with Crippen molar-refractivity contribution in [3.8, 4) is 0 Å². The maximum absolute atomic E-state index is 12.6. The first-order valence-electron chi connectivity index (χ1n) is 8.93. The fourth-order valence-electron chi connectivity index (χ4n) is 3.04. The molecule has 0 bridgehead atoms. The second kappa shape index (κ2) is 7.64. The Morgan fingerprint density at radius 3 is 2.28 bits per heavy atom. The van der Waals surface area contributed by atoms with Gasteiger partial charge in [0.05, 0.1) is 24.5 Å². The fraction of sp³-hybridized carbons (Fsp3) is 0.450. The van der Waals surface area contributed by atoms with Crippen LogP contribution in [0.25, 0.3) is 0 Å². The second-order valence-electron chi connectivity index (χ2n) is 6.96. The van der Waals surface area contributed by atoms with Gasteiger partial charge in [0.1, 0.15) is 5.82 Å². The summed E-state index contributed by atoms with van der Waals surface area (Å²) in [5.74, 6) is 1.61. The van der Waals surface area contributed by atoms with E-state index in [1.165, 1.54) is 5.56 Å². The van der Waals surface area contributed by atoms with Crippen LogP contribution in [0, 0.1) is 6.92 Å². The highest BCUT2D eigenvalue weighted by Crippen LogP contribution is 2.16. The van der Waals surface area contributed by atoms with Gasteiger partial charge in [-0.25, -0.2) is 4.98 Å². The van der Waals surface area contributed by atoms with Crippen molar-refractivity contribution in [3.05, 3.63) is 53.5 Å². The number of carbonyl (C=O) groups excluding carboxylic acids is 1. The number of carbonyl (C=O) groups is 1. The Morgan fingerprint density at radius 1 is 1.04 bits per heavy atom. The number of anilines is 1. The van der Waals surface area contributed by atoms with Crippen LogP contribution in [-0.4, -0.2) is 47.0 Å². The predicted octanol–water partition coefficient (Wildman–Crippen LogP) is 2.80. The van der Waals surface area contributed by atoms with Crippen LogP contribution in [0.3, 0.4) is 0 Å². The van der Waals surface area contributed by atoms with Crippen LogP contribution in [0.2, 0.25) is 0 Å². The lowest BCUT2D eigenvalue weighted by Gasteiger charge is -2.35. The van der Waals surface area contributed by atoms with Crippen molar-refractivity contribution in [2.75, 3.05) is 31.1 Å². The number of piperazine rings is 1. The summed E-state index contributed by atoms with van der Waals surface area (Å²) < 4.78 is 0. The monoisotopic (exact) mass is 338 g/mol. The van der Waals surface area contributed by atoms with Crippen LogP contribution in [0.15, 0.2) is 36.7 Å². The minimum absolute atomic E-state index is 0.201. The summed E-state index contributed by atoms with van der Waals surface area (Å²) in [6, 6.07) is 8.40. The molecule has 0 radical (unpaired) electrons. The van der Waals surface area contributed by atoms with E-state index in [0.29, 0.717) is 12.3 Å². The van der Waals surface area contributed by atoms with Gasteiger partial charge in [-0.05, 0) is 24.0 Å². The smallest absolute Gasteiger partial charge is 0.227 e. The van der Waals surface area contributed by atoms with Gasteiger partial charge in [0.2, 0.25) is 5.91 Å². The molecule has 1 amide bonds. The summed E-state index contributed by atoms with van der Waals surface area (Å²) in [7, 11) is 0. The summed E-state index contributed by atoms with van der Waals surface area (Å²) in [6.45, 7) is 9.36. The normalized spacial score (nSPS) is 14.9. The number of hydrogen-bond donors (Lipinski definition) is 0. The van der Waals surface area contributed by atoms with Gasteiger partial charge in [0, 0.05) is 26.2 Å². The van der Waals surface area contributed by atoms with Gasteiger partial charge in [-0.3, -0.25) is 9.78 Å². The van der Waals surface area contributed by atoms with E-state index in [-0.39, 0.29) is 5.91 Å². The minimum Gasteiger partial charge on any atom is -0.352 e. The maximum atomic E-state index is 12.6. The SMILES string of the molecule is Cc1cnc(N2CCN(C(=O)Cc3ccc(C(C)C)cc3)CC2)cn1. The standard InChI is InChI=1S/C20H26N4O/c1-15(2)18-6-4-17(5-7-18)12-20(25)24-10-8-23(9-11-24)19-14-21-16(3)13-22-19/h4-7,13-15H,8-12H2,1-3H3. The Hall–Kier alpha value is -2.43. The number of aryl methyl sites for hydroxylation is 1. The second-order valence-corrected chi connectivity index (χ2v) is 6.96. The summed E-state index contributed by atoms with van der Waals surface area (Å²) in [5, 5.41) is 0. The van der Waals surface area contributed by atoms with E-state index >= 15 is 0 Å². The molecule has 5 nitrogen and oxygen atoms in total. The highest BCUT2D eigenvalue weighted by molar-refractivity contribution is 5.79. The zero-order valence-corrected chi connectivity index (χ0v) is 15.3. The Bertz CT molecular complexity index is 701. The topological polar surface area (TPSA) is 49.3 Å². The molecule has 0 unspecified atom stereocenters. The molecule has 0 spiro atoms. The third-order valence-electron chi connectivity index (χ3n) is 4.73. The quantitative estimate of drug-likeness (QED) is 0.860. The highest BCUT2D eigenvalue weighted by atomic mass is 16.2. The summed E-state index contributed by atoms with van der Waals surface area (Å²) in [5.41, 5.74) is 3.31. The average Bonchev–Trinajstić information content (AvgIpc) is 2.63. The Kier molecular flexibility index (Phi) is 5.31. The van der Waals surface area contributed by atoms with Crippen LogP contribution in [-0.2, 0) is 11.2 Å². The van der Waals surface area contributed by atoms with Gasteiger partial charge in [-0.15, -0.1) is 0 Å². The van der Waals surface area contributed by atoms with E-state index in [0.717, 1.165) is 43.3 Å². The average molecular weight is 338 g/mol. The summed E-state index contributed by atoms with van der Waals surface area (Å²) in [4.78, 5) is 25.4. The molecule has 0 N–H and O–H groups in total. The van der Waals surface area contributed by atoms with Crippen LogP contribution in [0.4, 0.5) is 5.82 Å². The highest BCUT2D eigenvalue weighted by Gasteiger charge is 2.22. The lowest BCUT2D eigenvalue weighted by atomic mass is 10.0. The van der Waals surface area contributed by atoms with Crippen molar-refractivity contribution in [1.82, 2.24) is 14.9 Å². The van der Waals surface area contributed by atoms with Gasteiger partial charge in [0.25, 0.3) is 0 Å². The number of aromatic nitrogens is 2. The molecule has 5 heteroatoms. The number of amides is 1. The summed E-state index contributed by atoms with van der Waals surface area (Å²) in [6.07, 6.45) is 4.07. The lowest BCUT2D eigenvalue weighted by Crippen LogP contribution is -2.49. The fourth-order valence-corrected chi connectivity index (χ4v) is 3.04. The van der Waals surface area contributed by atoms with Crippen molar-refractivity contribution in [1.29, 1.82) is 0 Å². The molecule has 0 saturated carbocycles. The molecule has 1 aromatic carbocycles. The number of hydrogen-bond acceptors (Lipinski definition) is 4. The molecule has 25 heavy (non-hydrogen) atoms. The molecule has 1 aliphatic heterocycles. The molecule has 0 aliphatic carbocycles. The van der Waals surface area contributed by atoms with Crippen LogP contribution >= 0.6 is 0 Å². The van der Waals surface area contributed by atoms with Crippen molar-refractivity contribution in [3.63, 3.8) is 0 Å². The van der Waals surface area contributed by atoms with Crippen molar-refractivity contribution < 1.29 is 4.79 Å². The molecule has 132 valence electrons. The Morgan fingerprint density at radius 2 is 1.72 bits per heavy atom. The van der Waals surface area contributed by atoms with Gasteiger partial charge in [-0.2, -0.15) is 0 Å². The first-order valence-corrected chi connectivity index (χ1v) is 8.93. The van der Waals surface area contributed by atoms with E-state index in [9.17, 15) is 4.79 Å². The Labute approximate surface area is 149 Å². The maximum Gasteiger partial charge on any atom is 0.227 e. The molecular weight excluding hydrogens is 312 g/mol. The van der Waals surface area contributed by atoms with E-state index < -0.39 is 0 Å². The predicted molar refractivity (Wildman–Crippen MR) is 99.8 cm³/mol. The minimum atomic E-state index is 0.201. The van der Waals surface area contributed by atoms with Gasteiger partial charge in [-0.1, -0.05) is 38.1 Å². The third kappa shape index (κ3) is 4.35. The summed E-state index contributed by atoms with van der Waals surface area (Å²) >= 11 is 0. The molecule has 1 aliphatic rings. The van der Waals surface area contributed by atoms with Crippen LogP contribution in [0.1, 0.15) is 36.6 Å². The molecule has 3 rings (SSSR count). The number of rotatable bonds is 4. The van der Waals surface area contributed by atoms with Crippen molar-refractivity contribution >= 4 is 11.7 Å². The largest absolute Gasteiger partial charge is 0.352 e. The van der Waals surface area contributed by atoms with Crippen molar-refractivity contribution in [2.45, 2.75) is 33.1 Å². The van der Waals surface area contributed by atoms with Gasteiger partial charge < -0.3 is 9.80 Å². The molecule has 1 saturated heterocycles. The van der Waals surface area contributed by atoms with Gasteiger partial charge in [0.15, 0.2) is 0 Å². The molecule has 2 heterocycles. The van der Waals surface area contributed by atoms with E-state index in [1.807, 2.05) is 18.0 Å². The third-order valence-corrected chi connectivity index (χ3v) is 4.73. The number of nitrogens with zero attached hydrogens (tertiary/aromatic N) is 4. The van der Waals surface area contributed by atoms with Gasteiger partial charge >= 0.3 is 0 Å². The molecule has 1 fully saturated rings. The zero-order valence-electron chi connectivity index (χ0n) is 15.3. The van der Waals surface area contributed by atoms with Crippen molar-refractivity contribution in [2.24, 2.45) is 0 Å². The van der Waals surface area contributed by atoms with Crippen LogP contribution in [0.5, 0.6) is 0 Å². The van der Waals surface area contributed by atoms with E-state index in [2.05, 4.69) is 53.0 Å². The van der Waals surface area contributed by atoms with E-state index in [4.69, 9.17) is 0 Å². The lowest BCUT2D eigenvalue weighted by molar-refractivity contribution is -0.130. The first-order chi connectivity index (χ1) is 12.0. The molecule has 0 atom stereocenters. The van der Waals surface area contributed by atoms with E-state index in [1.54, 1.807) is 6.20 Å². The molecular formula is C20H26N4O. The number of benzene rings is 1. The molecule has 1 aromatic heterocycles. The molecule has 2 aromatic rings. The zero-order chi connectivity index (χ0) is 17.8.